The van der Waals surface area contributed by atoms with E-state index in [0.717, 1.165) is 11.1 Å². The first kappa shape index (κ1) is 28.1. The molecule has 0 atom stereocenters. The first-order valence-electron chi connectivity index (χ1n) is 12.7. The van der Waals surface area contributed by atoms with Crippen molar-refractivity contribution in [1.82, 2.24) is 9.80 Å². The van der Waals surface area contributed by atoms with Gasteiger partial charge in [-0.15, -0.1) is 0 Å². The van der Waals surface area contributed by atoms with E-state index in [1.54, 1.807) is 48.4 Å². The van der Waals surface area contributed by atoms with Gasteiger partial charge in [-0.3, -0.25) is 14.4 Å². The molecule has 1 aromatic heterocycles. The minimum atomic E-state index is -0.290. The van der Waals surface area contributed by atoms with Crippen molar-refractivity contribution in [3.05, 3.63) is 117 Å². The highest BCUT2D eigenvalue weighted by atomic mass is 35.5. The van der Waals surface area contributed by atoms with Crippen molar-refractivity contribution in [3.63, 3.8) is 0 Å². The fourth-order valence-corrected chi connectivity index (χ4v) is 4.45. The van der Waals surface area contributed by atoms with Crippen molar-refractivity contribution >= 4 is 34.4 Å². The van der Waals surface area contributed by atoms with Crippen LogP contribution in [0, 0.1) is 6.92 Å². The van der Waals surface area contributed by atoms with Gasteiger partial charge in [0.2, 0.25) is 5.91 Å². The molecule has 1 heterocycles. The average molecular weight is 547 g/mol. The monoisotopic (exact) mass is 546 g/mol. The van der Waals surface area contributed by atoms with Gasteiger partial charge in [-0.2, -0.15) is 0 Å². The van der Waals surface area contributed by atoms with Crippen molar-refractivity contribution in [2.75, 3.05) is 26.8 Å². The molecule has 0 N–H and O–H groups in total. The molecule has 3 aromatic carbocycles. The number of fused-ring (bicyclic) bond motifs is 1. The van der Waals surface area contributed by atoms with Gasteiger partial charge in [-0.05, 0) is 55.3 Å². The molecule has 0 fully saturated rings. The molecule has 2 amide bonds. The van der Waals surface area contributed by atoms with E-state index in [-0.39, 0.29) is 36.9 Å². The zero-order valence-corrected chi connectivity index (χ0v) is 22.8. The number of rotatable bonds is 11. The predicted molar refractivity (Wildman–Crippen MR) is 152 cm³/mol. The van der Waals surface area contributed by atoms with Crippen LogP contribution in [0.1, 0.15) is 33.5 Å². The lowest BCUT2D eigenvalue weighted by Gasteiger charge is -2.28. The van der Waals surface area contributed by atoms with Crippen LogP contribution in [0.5, 0.6) is 0 Å². The van der Waals surface area contributed by atoms with Crippen LogP contribution >= 0.6 is 11.6 Å². The molecule has 7 nitrogen and oxygen atoms in total. The summed E-state index contributed by atoms with van der Waals surface area (Å²) < 4.78 is 10.9. The van der Waals surface area contributed by atoms with E-state index in [4.69, 9.17) is 20.8 Å². The number of amides is 2. The highest BCUT2D eigenvalue weighted by molar-refractivity contribution is 6.30. The highest BCUT2D eigenvalue weighted by Gasteiger charge is 2.24. The molecule has 0 aliphatic carbocycles. The number of carbonyl (C=O) groups excluding carboxylic acids is 2. The number of carbonyl (C=O) groups is 2. The van der Waals surface area contributed by atoms with Gasteiger partial charge in [0.05, 0.1) is 23.8 Å². The fraction of sp³-hybridized carbons (Fsp3) is 0.258. The fourth-order valence-electron chi connectivity index (χ4n) is 4.33. The molecule has 0 saturated heterocycles. The highest BCUT2D eigenvalue weighted by Crippen LogP contribution is 2.17. The zero-order valence-electron chi connectivity index (χ0n) is 22.1. The summed E-state index contributed by atoms with van der Waals surface area (Å²) >= 11 is 6.00. The third-order valence-corrected chi connectivity index (χ3v) is 6.66. The molecule has 8 heteroatoms. The van der Waals surface area contributed by atoms with E-state index in [0.29, 0.717) is 46.7 Å². The molecule has 4 aromatic rings. The Labute approximate surface area is 232 Å². The Morgan fingerprint density at radius 1 is 0.949 bits per heavy atom. The first-order chi connectivity index (χ1) is 18.9. The molecule has 39 heavy (non-hydrogen) atoms. The maximum atomic E-state index is 13.8. The SMILES string of the molecule is COCCCN(CC(=O)N(Cc1ccccc1)Cc1coc2ccc(C)cc2c1=O)C(=O)c1ccc(Cl)cc1. The van der Waals surface area contributed by atoms with Crippen LogP contribution in [0.4, 0.5) is 0 Å². The average Bonchev–Trinajstić information content (AvgIpc) is 2.94. The standard InChI is InChI=1S/C31H31ClN2O5/c1-22-9-14-28-27(17-22)30(36)25(21-39-28)19-34(18-23-7-4-3-5-8-23)29(35)20-33(15-6-16-38-2)31(37)24-10-12-26(32)13-11-24/h3-5,7-14,17,21H,6,15-16,18-20H2,1-2H3. The summed E-state index contributed by atoms with van der Waals surface area (Å²) in [6.07, 6.45) is 1.98. The molecule has 202 valence electrons. The molecule has 0 aliphatic heterocycles. The number of methoxy groups -OCH3 is 1. The number of hydrogen-bond acceptors (Lipinski definition) is 5. The van der Waals surface area contributed by atoms with E-state index in [2.05, 4.69) is 0 Å². The quantitative estimate of drug-likeness (QED) is 0.233. The number of aryl methyl sites for hydroxylation is 1. The molecule has 4 rings (SSSR count). The van der Waals surface area contributed by atoms with Crippen LogP contribution in [0.15, 0.2) is 88.3 Å². The smallest absolute Gasteiger partial charge is 0.254 e. The number of nitrogens with zero attached hydrogens (tertiary/aromatic N) is 2. The third-order valence-electron chi connectivity index (χ3n) is 6.41. The first-order valence-corrected chi connectivity index (χ1v) is 13.1. The van der Waals surface area contributed by atoms with E-state index < -0.39 is 0 Å². The maximum absolute atomic E-state index is 13.8. The third kappa shape index (κ3) is 7.34. The Hall–Kier alpha value is -3.94. The van der Waals surface area contributed by atoms with Crippen LogP contribution in [-0.4, -0.2) is 48.4 Å². The van der Waals surface area contributed by atoms with Crippen molar-refractivity contribution in [2.45, 2.75) is 26.4 Å². The second-order valence-corrected chi connectivity index (χ2v) is 9.84. The summed E-state index contributed by atoms with van der Waals surface area (Å²) in [5, 5.41) is 0.991. The Bertz CT molecular complexity index is 1480. The van der Waals surface area contributed by atoms with Crippen LogP contribution in [0.3, 0.4) is 0 Å². The summed E-state index contributed by atoms with van der Waals surface area (Å²) in [5.74, 6) is -0.571. The maximum Gasteiger partial charge on any atom is 0.254 e. The number of benzene rings is 3. The van der Waals surface area contributed by atoms with Gasteiger partial charge in [0.1, 0.15) is 12.1 Å². The summed E-state index contributed by atoms with van der Waals surface area (Å²) in [6, 6.07) is 21.5. The number of hydrogen-bond donors (Lipinski definition) is 0. The Morgan fingerprint density at radius 3 is 2.41 bits per heavy atom. The van der Waals surface area contributed by atoms with Gasteiger partial charge in [0.25, 0.3) is 5.91 Å². The lowest BCUT2D eigenvalue weighted by atomic mass is 10.1. The minimum Gasteiger partial charge on any atom is -0.464 e. The largest absolute Gasteiger partial charge is 0.464 e. The van der Waals surface area contributed by atoms with Crippen LogP contribution in [-0.2, 0) is 22.6 Å². The molecule has 0 aliphatic rings. The molecule has 0 unspecified atom stereocenters. The second kappa shape index (κ2) is 13.2. The number of halogens is 1. The van der Waals surface area contributed by atoms with Gasteiger partial charge in [-0.25, -0.2) is 0 Å². The van der Waals surface area contributed by atoms with Gasteiger partial charge < -0.3 is 19.0 Å². The van der Waals surface area contributed by atoms with E-state index >= 15 is 0 Å². The molecular weight excluding hydrogens is 516 g/mol. The summed E-state index contributed by atoms with van der Waals surface area (Å²) in [7, 11) is 1.59. The molecular formula is C31H31ClN2O5. The second-order valence-electron chi connectivity index (χ2n) is 9.41. The Balaban J connectivity index is 1.62. The Morgan fingerprint density at radius 2 is 1.69 bits per heavy atom. The van der Waals surface area contributed by atoms with Gasteiger partial charge in [0, 0.05) is 37.4 Å². The minimum absolute atomic E-state index is 0.0426. The van der Waals surface area contributed by atoms with Gasteiger partial charge in [-0.1, -0.05) is 53.6 Å². The van der Waals surface area contributed by atoms with Crippen molar-refractivity contribution in [3.8, 4) is 0 Å². The molecule has 0 radical (unpaired) electrons. The van der Waals surface area contributed by atoms with Crippen LogP contribution in [0.2, 0.25) is 5.02 Å². The van der Waals surface area contributed by atoms with Crippen molar-refractivity contribution in [2.24, 2.45) is 0 Å². The predicted octanol–water partition coefficient (Wildman–Crippen LogP) is 5.46. The summed E-state index contributed by atoms with van der Waals surface area (Å²) in [6.45, 7) is 2.84. The van der Waals surface area contributed by atoms with Crippen molar-refractivity contribution < 1.29 is 18.7 Å². The lowest BCUT2D eigenvalue weighted by molar-refractivity contribution is -0.133. The molecule has 0 bridgehead atoms. The van der Waals surface area contributed by atoms with Gasteiger partial charge >= 0.3 is 0 Å². The zero-order chi connectivity index (χ0) is 27.8. The summed E-state index contributed by atoms with van der Waals surface area (Å²) in [5.41, 5.74) is 2.96. The Kier molecular flexibility index (Phi) is 9.52. The number of ether oxygens (including phenoxy) is 1. The van der Waals surface area contributed by atoms with E-state index in [1.807, 2.05) is 43.3 Å². The van der Waals surface area contributed by atoms with E-state index in [9.17, 15) is 14.4 Å². The van der Waals surface area contributed by atoms with E-state index in [1.165, 1.54) is 11.2 Å². The molecule has 0 spiro atoms. The normalized spacial score (nSPS) is 10.9. The van der Waals surface area contributed by atoms with Gasteiger partial charge in [0.15, 0.2) is 5.43 Å². The van der Waals surface area contributed by atoms with Crippen LogP contribution < -0.4 is 5.43 Å². The topological polar surface area (TPSA) is 80.1 Å². The van der Waals surface area contributed by atoms with Crippen LogP contribution in [0.25, 0.3) is 11.0 Å². The lowest BCUT2D eigenvalue weighted by Crippen LogP contribution is -2.43. The summed E-state index contributed by atoms with van der Waals surface area (Å²) in [4.78, 5) is 43.5. The van der Waals surface area contributed by atoms with Crippen molar-refractivity contribution in [1.29, 1.82) is 0 Å². The molecule has 0 saturated carbocycles.